The molecule has 0 radical (unpaired) electrons. The van der Waals surface area contributed by atoms with Gasteiger partial charge in [-0.2, -0.15) is 0 Å². The van der Waals surface area contributed by atoms with Crippen molar-refractivity contribution in [3.63, 3.8) is 0 Å². The molecule has 17 heavy (non-hydrogen) atoms. The van der Waals surface area contributed by atoms with E-state index in [1.165, 1.54) is 0 Å². The lowest BCUT2D eigenvalue weighted by Crippen LogP contribution is -2.41. The van der Waals surface area contributed by atoms with Gasteiger partial charge in [0, 0.05) is 20.3 Å². The zero-order valence-electron chi connectivity index (χ0n) is 10.9. The van der Waals surface area contributed by atoms with E-state index in [4.69, 9.17) is 9.47 Å². The highest BCUT2D eigenvalue weighted by molar-refractivity contribution is 5.78. The van der Waals surface area contributed by atoms with Crippen LogP contribution >= 0.6 is 0 Å². The van der Waals surface area contributed by atoms with Crippen LogP contribution in [0.4, 0.5) is 0 Å². The van der Waals surface area contributed by atoms with E-state index in [2.05, 4.69) is 10.6 Å². The number of nitrogens with one attached hydrogen (secondary N) is 2. The number of carbonyl (C=O) groups excluding carboxylic acids is 1. The molecule has 1 amide bonds. The fourth-order valence-corrected chi connectivity index (χ4v) is 1.36. The van der Waals surface area contributed by atoms with Crippen molar-refractivity contribution in [3.05, 3.63) is 0 Å². The van der Waals surface area contributed by atoms with Gasteiger partial charge in [0.05, 0.1) is 25.9 Å². The Hall–Kier alpha value is -0.690. The molecule has 6 nitrogen and oxygen atoms in total. The summed E-state index contributed by atoms with van der Waals surface area (Å²) in [6.07, 6.45) is 0.0809. The smallest absolute Gasteiger partial charge is 0.234 e. The molecule has 0 heterocycles. The van der Waals surface area contributed by atoms with Crippen molar-refractivity contribution in [2.45, 2.75) is 25.5 Å². The molecule has 0 aliphatic carbocycles. The van der Waals surface area contributed by atoms with Gasteiger partial charge in [-0.25, -0.2) is 0 Å². The van der Waals surface area contributed by atoms with E-state index in [1.54, 1.807) is 14.2 Å². The van der Waals surface area contributed by atoms with Crippen molar-refractivity contribution in [2.24, 2.45) is 0 Å². The number of aliphatic hydroxyl groups is 1. The predicted octanol–water partition coefficient (Wildman–Crippen LogP) is -0.875. The summed E-state index contributed by atoms with van der Waals surface area (Å²) in [4.78, 5) is 11.4. The van der Waals surface area contributed by atoms with Crippen LogP contribution in [0.1, 0.15) is 13.3 Å². The molecule has 0 aliphatic heterocycles. The maximum absolute atomic E-state index is 11.4. The van der Waals surface area contributed by atoms with E-state index < -0.39 is 6.10 Å². The fraction of sp³-hybridized carbons (Fsp3) is 0.909. The number of rotatable bonds is 10. The van der Waals surface area contributed by atoms with E-state index in [9.17, 15) is 9.90 Å². The summed E-state index contributed by atoms with van der Waals surface area (Å²) in [5.74, 6) is -0.0734. The summed E-state index contributed by atoms with van der Waals surface area (Å²) >= 11 is 0. The second-order valence-electron chi connectivity index (χ2n) is 4.00. The Morgan fingerprint density at radius 3 is 2.53 bits per heavy atom. The van der Waals surface area contributed by atoms with Crippen LogP contribution in [0.15, 0.2) is 0 Å². The summed E-state index contributed by atoms with van der Waals surface area (Å²) in [5.41, 5.74) is 0. The summed E-state index contributed by atoms with van der Waals surface area (Å²) in [7, 11) is 3.14. The van der Waals surface area contributed by atoms with E-state index in [0.717, 1.165) is 0 Å². The van der Waals surface area contributed by atoms with E-state index in [1.807, 2.05) is 6.92 Å². The Morgan fingerprint density at radius 1 is 1.29 bits per heavy atom. The van der Waals surface area contributed by atoms with Crippen molar-refractivity contribution >= 4 is 5.91 Å². The van der Waals surface area contributed by atoms with Gasteiger partial charge in [-0.15, -0.1) is 0 Å². The second kappa shape index (κ2) is 10.5. The van der Waals surface area contributed by atoms with Crippen LogP contribution in [0.5, 0.6) is 0 Å². The summed E-state index contributed by atoms with van der Waals surface area (Å²) in [6, 6.07) is 0.00776. The van der Waals surface area contributed by atoms with Gasteiger partial charge < -0.3 is 25.2 Å². The van der Waals surface area contributed by atoms with Gasteiger partial charge in [0.25, 0.3) is 0 Å². The highest BCUT2D eigenvalue weighted by atomic mass is 16.5. The Labute approximate surface area is 103 Å². The molecule has 0 fully saturated rings. The maximum atomic E-state index is 11.4. The zero-order valence-corrected chi connectivity index (χ0v) is 10.9. The third-order valence-electron chi connectivity index (χ3n) is 2.12. The number of methoxy groups -OCH3 is 2. The number of hydrogen-bond donors (Lipinski definition) is 3. The van der Waals surface area contributed by atoms with Crippen LogP contribution in [-0.4, -0.2) is 63.7 Å². The number of carbonyl (C=O) groups is 1. The molecule has 6 heteroatoms. The fourth-order valence-electron chi connectivity index (χ4n) is 1.36. The first-order valence-corrected chi connectivity index (χ1v) is 5.76. The van der Waals surface area contributed by atoms with Crippen LogP contribution in [0, 0.1) is 0 Å². The Bertz CT molecular complexity index is 202. The molecule has 0 aromatic heterocycles. The van der Waals surface area contributed by atoms with Gasteiger partial charge >= 0.3 is 0 Å². The molecule has 102 valence electrons. The predicted molar refractivity (Wildman–Crippen MR) is 64.9 cm³/mol. The molecule has 2 unspecified atom stereocenters. The molecular formula is C11H24N2O4. The molecule has 2 atom stereocenters. The topological polar surface area (TPSA) is 79.8 Å². The first-order chi connectivity index (χ1) is 8.10. The van der Waals surface area contributed by atoms with Gasteiger partial charge in [-0.3, -0.25) is 4.79 Å². The maximum Gasteiger partial charge on any atom is 0.234 e. The van der Waals surface area contributed by atoms with Gasteiger partial charge in [-0.1, -0.05) is 0 Å². The van der Waals surface area contributed by atoms with Crippen LogP contribution in [0.25, 0.3) is 0 Å². The third kappa shape index (κ3) is 10.2. The molecule has 0 aromatic carbocycles. The minimum atomic E-state index is -0.483. The number of ether oxygens (including phenoxy) is 2. The number of aliphatic hydroxyl groups excluding tert-OH is 1. The molecule has 0 spiro atoms. The molecule has 0 aliphatic rings. The van der Waals surface area contributed by atoms with Gasteiger partial charge in [0.2, 0.25) is 5.91 Å². The molecular weight excluding hydrogens is 224 g/mol. The SMILES string of the molecule is COCC(O)CCNCC(=O)NC(C)COC. The minimum absolute atomic E-state index is 0.00776. The van der Waals surface area contributed by atoms with Crippen molar-refractivity contribution < 1.29 is 19.4 Å². The first kappa shape index (κ1) is 16.3. The quantitative estimate of drug-likeness (QED) is 0.438. The van der Waals surface area contributed by atoms with Crippen LogP contribution in [0.2, 0.25) is 0 Å². The highest BCUT2D eigenvalue weighted by Crippen LogP contribution is 1.89. The van der Waals surface area contributed by atoms with Crippen molar-refractivity contribution in [3.8, 4) is 0 Å². The average molecular weight is 248 g/mol. The first-order valence-electron chi connectivity index (χ1n) is 5.76. The monoisotopic (exact) mass is 248 g/mol. The van der Waals surface area contributed by atoms with Crippen LogP contribution in [-0.2, 0) is 14.3 Å². The normalized spacial score (nSPS) is 14.4. The minimum Gasteiger partial charge on any atom is -0.391 e. The highest BCUT2D eigenvalue weighted by Gasteiger charge is 2.07. The molecule has 0 saturated carbocycles. The van der Waals surface area contributed by atoms with Crippen molar-refractivity contribution in [2.75, 3.05) is 40.5 Å². The van der Waals surface area contributed by atoms with Gasteiger partial charge in [0.1, 0.15) is 0 Å². The van der Waals surface area contributed by atoms with E-state index >= 15 is 0 Å². The molecule has 3 N–H and O–H groups in total. The largest absolute Gasteiger partial charge is 0.391 e. The molecule has 0 rings (SSSR count). The third-order valence-corrected chi connectivity index (χ3v) is 2.12. The molecule has 0 saturated heterocycles. The van der Waals surface area contributed by atoms with Crippen molar-refractivity contribution in [1.29, 1.82) is 0 Å². The van der Waals surface area contributed by atoms with E-state index in [0.29, 0.717) is 26.2 Å². The summed E-state index contributed by atoms with van der Waals surface area (Å²) < 4.78 is 9.70. The Kier molecular flexibility index (Phi) is 10.0. The summed E-state index contributed by atoms with van der Waals surface area (Å²) in [5, 5.41) is 15.1. The molecule has 0 aromatic rings. The lowest BCUT2D eigenvalue weighted by atomic mass is 10.2. The zero-order chi connectivity index (χ0) is 13.1. The lowest BCUT2D eigenvalue weighted by Gasteiger charge is -2.13. The van der Waals surface area contributed by atoms with Crippen molar-refractivity contribution in [1.82, 2.24) is 10.6 Å². The van der Waals surface area contributed by atoms with Gasteiger partial charge in [-0.05, 0) is 19.9 Å². The lowest BCUT2D eigenvalue weighted by molar-refractivity contribution is -0.121. The van der Waals surface area contributed by atoms with Crippen LogP contribution < -0.4 is 10.6 Å². The Morgan fingerprint density at radius 2 is 1.94 bits per heavy atom. The number of hydrogen-bond acceptors (Lipinski definition) is 5. The van der Waals surface area contributed by atoms with Gasteiger partial charge in [0.15, 0.2) is 0 Å². The second-order valence-corrected chi connectivity index (χ2v) is 4.00. The standard InChI is InChI=1S/C11H24N2O4/c1-9(7-16-2)13-11(15)6-12-5-4-10(14)8-17-3/h9-10,12,14H,4-8H2,1-3H3,(H,13,15). The number of amides is 1. The van der Waals surface area contributed by atoms with E-state index in [-0.39, 0.29) is 18.5 Å². The van der Waals surface area contributed by atoms with Crippen LogP contribution in [0.3, 0.4) is 0 Å². The average Bonchev–Trinajstić information content (AvgIpc) is 2.25. The Balaban J connectivity index is 3.45. The molecule has 0 bridgehead atoms. The summed E-state index contributed by atoms with van der Waals surface area (Å²) in [6.45, 7) is 3.52.